The summed E-state index contributed by atoms with van der Waals surface area (Å²) in [6.07, 6.45) is 0.904. The summed E-state index contributed by atoms with van der Waals surface area (Å²) >= 11 is 5.95. The van der Waals surface area contributed by atoms with Crippen molar-refractivity contribution in [3.05, 3.63) is 28.8 Å². The number of halogens is 1. The number of imide groups is 1. The van der Waals surface area contributed by atoms with Gasteiger partial charge in [-0.25, -0.2) is 0 Å². The number of anilines is 1. The van der Waals surface area contributed by atoms with Crippen LogP contribution in [-0.4, -0.2) is 42.3 Å². The molecule has 0 radical (unpaired) electrons. The van der Waals surface area contributed by atoms with Gasteiger partial charge < -0.3 is 10.2 Å². The molecule has 1 aromatic rings. The van der Waals surface area contributed by atoms with Crippen LogP contribution in [0.25, 0.3) is 0 Å². The number of hydrogen-bond acceptors (Lipinski definition) is 4. The zero-order chi connectivity index (χ0) is 15.4. The predicted molar refractivity (Wildman–Crippen MR) is 79.3 cm³/mol. The summed E-state index contributed by atoms with van der Waals surface area (Å²) in [5.41, 5.74) is 1.00. The fourth-order valence-corrected chi connectivity index (χ4v) is 2.23. The molecule has 1 fully saturated rings. The highest BCUT2D eigenvalue weighted by Crippen LogP contribution is 2.22. The lowest BCUT2D eigenvalue weighted by Crippen LogP contribution is -2.53. The van der Waals surface area contributed by atoms with Gasteiger partial charge in [-0.15, -0.1) is 0 Å². The van der Waals surface area contributed by atoms with Gasteiger partial charge in [-0.3, -0.25) is 19.7 Å². The number of piperazine rings is 1. The SMILES string of the molecule is CCCNc1ccc(Cl)cc1C(=O)N1CC(=O)NC(=O)C1. The van der Waals surface area contributed by atoms with Gasteiger partial charge in [0.25, 0.3) is 5.91 Å². The van der Waals surface area contributed by atoms with E-state index in [0.29, 0.717) is 22.8 Å². The zero-order valence-electron chi connectivity index (χ0n) is 11.6. The fraction of sp³-hybridized carbons (Fsp3) is 0.357. The van der Waals surface area contributed by atoms with E-state index in [-0.39, 0.29) is 19.0 Å². The van der Waals surface area contributed by atoms with Crippen LogP contribution < -0.4 is 10.6 Å². The van der Waals surface area contributed by atoms with Gasteiger partial charge in [0.1, 0.15) is 13.1 Å². The summed E-state index contributed by atoms with van der Waals surface area (Å²) in [6, 6.07) is 4.94. The average Bonchev–Trinajstić information content (AvgIpc) is 2.44. The average molecular weight is 310 g/mol. The van der Waals surface area contributed by atoms with Gasteiger partial charge in [-0.05, 0) is 24.6 Å². The molecule has 7 heteroatoms. The number of carbonyl (C=O) groups is 3. The molecule has 21 heavy (non-hydrogen) atoms. The molecule has 3 amide bonds. The molecule has 1 heterocycles. The Kier molecular flexibility index (Phi) is 4.80. The van der Waals surface area contributed by atoms with E-state index in [1.807, 2.05) is 6.92 Å². The molecule has 0 unspecified atom stereocenters. The van der Waals surface area contributed by atoms with Crippen molar-refractivity contribution in [3.8, 4) is 0 Å². The molecule has 0 bridgehead atoms. The molecular weight excluding hydrogens is 294 g/mol. The highest BCUT2D eigenvalue weighted by Gasteiger charge is 2.28. The summed E-state index contributed by atoms with van der Waals surface area (Å²) < 4.78 is 0. The van der Waals surface area contributed by atoms with Gasteiger partial charge in [-0.1, -0.05) is 18.5 Å². The van der Waals surface area contributed by atoms with Crippen LogP contribution in [0, 0.1) is 0 Å². The van der Waals surface area contributed by atoms with Gasteiger partial charge in [0.15, 0.2) is 0 Å². The standard InChI is InChI=1S/C14H16ClN3O3/c1-2-5-16-11-4-3-9(15)6-10(11)14(21)18-7-12(19)17-13(20)8-18/h3-4,6,16H,2,5,7-8H2,1H3,(H,17,19,20). The molecule has 112 valence electrons. The molecule has 2 N–H and O–H groups in total. The lowest BCUT2D eigenvalue weighted by Gasteiger charge is -2.26. The van der Waals surface area contributed by atoms with Gasteiger partial charge >= 0.3 is 0 Å². The van der Waals surface area contributed by atoms with Gasteiger partial charge in [0.2, 0.25) is 11.8 Å². The first kappa shape index (κ1) is 15.3. The molecule has 1 aromatic carbocycles. The number of amides is 3. The molecule has 1 aliphatic heterocycles. The largest absolute Gasteiger partial charge is 0.384 e. The second-order valence-electron chi connectivity index (χ2n) is 4.75. The maximum atomic E-state index is 12.5. The summed E-state index contributed by atoms with van der Waals surface area (Å²) in [6.45, 7) is 2.45. The maximum Gasteiger partial charge on any atom is 0.256 e. The van der Waals surface area contributed by atoms with E-state index in [1.54, 1.807) is 18.2 Å². The van der Waals surface area contributed by atoms with Gasteiger partial charge in [0.05, 0.1) is 5.56 Å². The van der Waals surface area contributed by atoms with Gasteiger partial charge in [-0.2, -0.15) is 0 Å². The second-order valence-corrected chi connectivity index (χ2v) is 5.19. The van der Waals surface area contributed by atoms with Crippen LogP contribution in [-0.2, 0) is 9.59 Å². The van der Waals surface area contributed by atoms with Crippen molar-refractivity contribution in [3.63, 3.8) is 0 Å². The molecular formula is C14H16ClN3O3. The van der Waals surface area contributed by atoms with E-state index in [4.69, 9.17) is 11.6 Å². The van der Waals surface area contributed by atoms with E-state index in [2.05, 4.69) is 10.6 Å². The first-order valence-electron chi connectivity index (χ1n) is 6.66. The Bertz CT molecular complexity index is 573. The third kappa shape index (κ3) is 3.72. The predicted octanol–water partition coefficient (Wildman–Crippen LogP) is 1.26. The number of rotatable bonds is 4. The fourth-order valence-electron chi connectivity index (χ4n) is 2.06. The number of nitrogens with zero attached hydrogens (tertiary/aromatic N) is 1. The summed E-state index contributed by atoms with van der Waals surface area (Å²) in [7, 11) is 0. The van der Waals surface area contributed by atoms with Crippen LogP contribution in [0.5, 0.6) is 0 Å². The van der Waals surface area contributed by atoms with Crippen molar-refractivity contribution in [1.29, 1.82) is 0 Å². The van der Waals surface area contributed by atoms with Crippen LogP contribution in [0.1, 0.15) is 23.7 Å². The first-order chi connectivity index (χ1) is 10.0. The van der Waals surface area contributed by atoms with Crippen molar-refractivity contribution >= 4 is 35.0 Å². The number of carbonyl (C=O) groups excluding carboxylic acids is 3. The minimum Gasteiger partial charge on any atom is -0.384 e. The first-order valence-corrected chi connectivity index (χ1v) is 7.04. The molecule has 6 nitrogen and oxygen atoms in total. The van der Waals surface area contributed by atoms with Crippen LogP contribution in [0.3, 0.4) is 0 Å². The molecule has 0 spiro atoms. The Balaban J connectivity index is 2.26. The van der Waals surface area contributed by atoms with Crippen LogP contribution in [0.4, 0.5) is 5.69 Å². The molecule has 0 saturated carbocycles. The number of benzene rings is 1. The Morgan fingerprint density at radius 3 is 2.62 bits per heavy atom. The van der Waals surface area contributed by atoms with Crippen molar-refractivity contribution in [2.45, 2.75) is 13.3 Å². The van der Waals surface area contributed by atoms with Crippen molar-refractivity contribution < 1.29 is 14.4 Å². The summed E-state index contributed by atoms with van der Waals surface area (Å²) in [5, 5.41) is 5.73. The second kappa shape index (κ2) is 6.58. The Hall–Kier alpha value is -2.08. The van der Waals surface area contributed by atoms with Crippen molar-refractivity contribution in [2.24, 2.45) is 0 Å². The lowest BCUT2D eigenvalue weighted by atomic mass is 10.1. The number of hydrogen-bond donors (Lipinski definition) is 2. The van der Waals surface area contributed by atoms with E-state index in [9.17, 15) is 14.4 Å². The van der Waals surface area contributed by atoms with Crippen molar-refractivity contribution in [1.82, 2.24) is 10.2 Å². The monoisotopic (exact) mass is 309 g/mol. The Morgan fingerprint density at radius 2 is 2.00 bits per heavy atom. The topological polar surface area (TPSA) is 78.5 Å². The van der Waals surface area contributed by atoms with E-state index in [1.165, 1.54) is 4.90 Å². The molecule has 0 aliphatic carbocycles. The van der Waals surface area contributed by atoms with Crippen molar-refractivity contribution in [2.75, 3.05) is 25.0 Å². The summed E-state index contributed by atoms with van der Waals surface area (Å²) in [4.78, 5) is 36.5. The normalized spacial score (nSPS) is 14.9. The van der Waals surface area contributed by atoms with Crippen LogP contribution >= 0.6 is 11.6 Å². The third-order valence-corrected chi connectivity index (χ3v) is 3.25. The number of nitrogens with one attached hydrogen (secondary N) is 2. The summed E-state index contributed by atoms with van der Waals surface area (Å²) in [5.74, 6) is -1.35. The van der Waals surface area contributed by atoms with E-state index >= 15 is 0 Å². The van der Waals surface area contributed by atoms with Crippen LogP contribution in [0.15, 0.2) is 18.2 Å². The molecule has 0 atom stereocenters. The zero-order valence-corrected chi connectivity index (χ0v) is 12.4. The molecule has 1 aliphatic rings. The maximum absolute atomic E-state index is 12.5. The lowest BCUT2D eigenvalue weighted by molar-refractivity contribution is -0.135. The minimum atomic E-state index is -0.482. The Morgan fingerprint density at radius 1 is 1.33 bits per heavy atom. The molecule has 2 rings (SSSR count). The van der Waals surface area contributed by atoms with E-state index in [0.717, 1.165) is 6.42 Å². The van der Waals surface area contributed by atoms with Gasteiger partial charge in [0, 0.05) is 17.3 Å². The molecule has 1 saturated heterocycles. The third-order valence-electron chi connectivity index (χ3n) is 3.01. The quantitative estimate of drug-likeness (QED) is 0.821. The van der Waals surface area contributed by atoms with Crippen LogP contribution in [0.2, 0.25) is 5.02 Å². The molecule has 0 aromatic heterocycles. The van der Waals surface area contributed by atoms with E-state index < -0.39 is 11.8 Å². The Labute approximate surface area is 127 Å². The smallest absolute Gasteiger partial charge is 0.256 e. The highest BCUT2D eigenvalue weighted by molar-refractivity contribution is 6.31. The minimum absolute atomic E-state index is 0.135. The highest BCUT2D eigenvalue weighted by atomic mass is 35.5.